The fourth-order valence-corrected chi connectivity index (χ4v) is 6.20. The van der Waals surface area contributed by atoms with Gasteiger partial charge < -0.3 is 0 Å². The highest BCUT2D eigenvalue weighted by Gasteiger charge is 2.42. The standard InChI is InChI=1S/C14H31OSi/c1-7-9-10-14(8-2)11-16(15,12(3)4)13(5)6/h12-14H,7-11H2,1-6H3. The third-order valence-electron chi connectivity index (χ3n) is 4.11. The fourth-order valence-electron chi connectivity index (χ4n) is 2.53. The molecule has 0 aromatic rings. The lowest BCUT2D eigenvalue weighted by atomic mass is 10.0. The molecule has 0 aliphatic carbocycles. The highest BCUT2D eigenvalue weighted by Crippen LogP contribution is 2.38. The van der Waals surface area contributed by atoms with Gasteiger partial charge in [0.15, 0.2) is 0 Å². The molecule has 1 atom stereocenters. The Balaban J connectivity index is 4.47. The first-order valence-corrected chi connectivity index (χ1v) is 9.35. The lowest BCUT2D eigenvalue weighted by Gasteiger charge is -2.33. The van der Waals surface area contributed by atoms with Crippen LogP contribution in [0.3, 0.4) is 0 Å². The molecular formula is C14H31OSi. The maximum atomic E-state index is 13.0. The molecular weight excluding hydrogens is 212 g/mol. The van der Waals surface area contributed by atoms with E-state index >= 15 is 0 Å². The minimum atomic E-state index is -2.29. The molecule has 0 bridgehead atoms. The summed E-state index contributed by atoms with van der Waals surface area (Å²) in [6.07, 6.45) is 5.01. The third-order valence-corrected chi connectivity index (χ3v) is 9.23. The van der Waals surface area contributed by atoms with Crippen molar-refractivity contribution in [3.8, 4) is 0 Å². The van der Waals surface area contributed by atoms with Crippen LogP contribution in [0.5, 0.6) is 0 Å². The van der Waals surface area contributed by atoms with E-state index in [-0.39, 0.29) is 0 Å². The number of unbranched alkanes of at least 4 members (excludes halogenated alkanes) is 1. The van der Waals surface area contributed by atoms with Crippen molar-refractivity contribution in [2.45, 2.75) is 84.4 Å². The first-order chi connectivity index (χ1) is 7.38. The van der Waals surface area contributed by atoms with Crippen molar-refractivity contribution in [1.29, 1.82) is 0 Å². The SMILES string of the molecule is CCCCC(CC)C[Si]([O])(C(C)C)C(C)C. The molecule has 0 saturated heterocycles. The molecule has 0 aromatic heterocycles. The first-order valence-electron chi connectivity index (χ1n) is 7.08. The molecule has 0 heterocycles. The molecule has 0 aliphatic heterocycles. The van der Waals surface area contributed by atoms with Crippen LogP contribution in [0.2, 0.25) is 17.1 Å². The van der Waals surface area contributed by atoms with E-state index < -0.39 is 8.32 Å². The molecule has 0 aromatic carbocycles. The molecule has 97 valence electrons. The van der Waals surface area contributed by atoms with Gasteiger partial charge in [-0.1, -0.05) is 67.2 Å². The van der Waals surface area contributed by atoms with Gasteiger partial charge in [0.1, 0.15) is 0 Å². The fraction of sp³-hybridized carbons (Fsp3) is 1.00. The van der Waals surface area contributed by atoms with E-state index in [1.807, 2.05) is 0 Å². The van der Waals surface area contributed by atoms with Gasteiger partial charge in [0.2, 0.25) is 8.32 Å². The molecule has 0 aliphatic rings. The Morgan fingerprint density at radius 3 is 1.81 bits per heavy atom. The topological polar surface area (TPSA) is 19.9 Å². The molecule has 0 rings (SSSR count). The lowest BCUT2D eigenvalue weighted by Crippen LogP contribution is -2.41. The van der Waals surface area contributed by atoms with Gasteiger partial charge in [0, 0.05) is 0 Å². The zero-order valence-electron chi connectivity index (χ0n) is 12.2. The molecule has 0 N–H and O–H groups in total. The van der Waals surface area contributed by atoms with Gasteiger partial charge in [-0.05, 0) is 23.0 Å². The summed E-state index contributed by atoms with van der Waals surface area (Å²) in [5.74, 6) is 0.689. The second kappa shape index (κ2) is 7.49. The van der Waals surface area contributed by atoms with Crippen molar-refractivity contribution in [3.63, 3.8) is 0 Å². The average Bonchev–Trinajstić information content (AvgIpc) is 2.23. The third kappa shape index (κ3) is 4.58. The van der Waals surface area contributed by atoms with Gasteiger partial charge in [-0.2, -0.15) is 0 Å². The molecule has 1 radical (unpaired) electrons. The van der Waals surface area contributed by atoms with Crippen LogP contribution in [0.15, 0.2) is 0 Å². The van der Waals surface area contributed by atoms with Crippen molar-refractivity contribution >= 4 is 8.32 Å². The molecule has 1 nitrogen and oxygen atoms in total. The monoisotopic (exact) mass is 243 g/mol. The number of hydrogen-bond donors (Lipinski definition) is 0. The van der Waals surface area contributed by atoms with Gasteiger partial charge in [-0.25, -0.2) is 0 Å². The van der Waals surface area contributed by atoms with Crippen LogP contribution in [0, 0.1) is 5.92 Å². The Hall–Kier alpha value is 0.177. The Morgan fingerprint density at radius 1 is 1.00 bits per heavy atom. The summed E-state index contributed by atoms with van der Waals surface area (Å²) < 4.78 is 0. The molecule has 0 fully saturated rings. The summed E-state index contributed by atoms with van der Waals surface area (Å²) >= 11 is 0. The quantitative estimate of drug-likeness (QED) is 0.509. The van der Waals surface area contributed by atoms with E-state index in [9.17, 15) is 4.80 Å². The Bertz CT molecular complexity index is 170. The van der Waals surface area contributed by atoms with E-state index in [1.165, 1.54) is 25.7 Å². The largest absolute Gasteiger partial charge is 0.297 e. The first kappa shape index (κ1) is 16.2. The summed E-state index contributed by atoms with van der Waals surface area (Å²) in [6.45, 7) is 13.1. The predicted octanol–water partition coefficient (Wildman–Crippen LogP) is 5.40. The van der Waals surface area contributed by atoms with Crippen LogP contribution in [-0.4, -0.2) is 8.32 Å². The van der Waals surface area contributed by atoms with Crippen LogP contribution in [0.25, 0.3) is 0 Å². The van der Waals surface area contributed by atoms with E-state index in [0.29, 0.717) is 17.0 Å². The minimum Gasteiger partial charge on any atom is -0.297 e. The van der Waals surface area contributed by atoms with E-state index in [0.717, 1.165) is 6.04 Å². The molecule has 0 spiro atoms. The smallest absolute Gasteiger partial charge is 0.242 e. The molecule has 0 saturated carbocycles. The van der Waals surface area contributed by atoms with Crippen molar-refractivity contribution in [1.82, 2.24) is 0 Å². The zero-order valence-corrected chi connectivity index (χ0v) is 13.2. The Kier molecular flexibility index (Phi) is 7.58. The van der Waals surface area contributed by atoms with E-state index in [4.69, 9.17) is 0 Å². The highest BCUT2D eigenvalue weighted by atomic mass is 28.4. The van der Waals surface area contributed by atoms with Crippen molar-refractivity contribution < 1.29 is 4.80 Å². The van der Waals surface area contributed by atoms with Crippen LogP contribution in [0.1, 0.15) is 67.2 Å². The van der Waals surface area contributed by atoms with Gasteiger partial charge in [-0.15, -0.1) is 0 Å². The van der Waals surface area contributed by atoms with Crippen LogP contribution in [0.4, 0.5) is 0 Å². The molecule has 0 amide bonds. The maximum Gasteiger partial charge on any atom is 0.242 e. The van der Waals surface area contributed by atoms with Crippen molar-refractivity contribution in [2.75, 3.05) is 0 Å². The molecule has 16 heavy (non-hydrogen) atoms. The van der Waals surface area contributed by atoms with Crippen LogP contribution < -0.4 is 0 Å². The summed E-state index contributed by atoms with van der Waals surface area (Å²) in [4.78, 5) is 13.0. The van der Waals surface area contributed by atoms with E-state index in [1.54, 1.807) is 0 Å². The number of rotatable bonds is 8. The van der Waals surface area contributed by atoms with Gasteiger partial charge >= 0.3 is 0 Å². The zero-order chi connectivity index (χ0) is 12.8. The second-order valence-corrected chi connectivity index (χ2v) is 10.5. The lowest BCUT2D eigenvalue weighted by molar-refractivity contribution is 0.360. The predicted molar refractivity (Wildman–Crippen MR) is 74.7 cm³/mol. The summed E-state index contributed by atoms with van der Waals surface area (Å²) in [6, 6.07) is 0.999. The second-order valence-electron chi connectivity index (χ2n) is 5.88. The number of hydrogen-bond acceptors (Lipinski definition) is 0. The summed E-state index contributed by atoms with van der Waals surface area (Å²) in [5, 5.41) is 0. The maximum absolute atomic E-state index is 13.0. The summed E-state index contributed by atoms with van der Waals surface area (Å²) in [7, 11) is -2.29. The summed E-state index contributed by atoms with van der Waals surface area (Å²) in [5.41, 5.74) is 0.756. The highest BCUT2D eigenvalue weighted by molar-refractivity contribution is 6.74. The average molecular weight is 243 g/mol. The molecule has 1 unspecified atom stereocenters. The van der Waals surface area contributed by atoms with Gasteiger partial charge in [-0.3, -0.25) is 4.80 Å². The Labute approximate surface area is 104 Å². The normalized spacial score (nSPS) is 14.8. The molecule has 2 heteroatoms. The van der Waals surface area contributed by atoms with Crippen LogP contribution >= 0.6 is 0 Å². The van der Waals surface area contributed by atoms with Gasteiger partial charge in [0.25, 0.3) is 0 Å². The van der Waals surface area contributed by atoms with Crippen molar-refractivity contribution in [3.05, 3.63) is 0 Å². The Morgan fingerprint density at radius 2 is 1.50 bits per heavy atom. The minimum absolute atomic E-state index is 0.378. The van der Waals surface area contributed by atoms with E-state index in [2.05, 4.69) is 41.5 Å². The van der Waals surface area contributed by atoms with Crippen molar-refractivity contribution in [2.24, 2.45) is 5.92 Å². The van der Waals surface area contributed by atoms with Gasteiger partial charge in [0.05, 0.1) is 0 Å². The van der Waals surface area contributed by atoms with Crippen LogP contribution in [-0.2, 0) is 4.80 Å².